The van der Waals surface area contributed by atoms with Crippen LogP contribution in [-0.4, -0.2) is 32.1 Å². The second-order valence-electron chi connectivity index (χ2n) is 5.34. The van der Waals surface area contributed by atoms with Gasteiger partial charge in [-0.1, -0.05) is 18.2 Å². The molecule has 0 unspecified atom stereocenters. The summed E-state index contributed by atoms with van der Waals surface area (Å²) in [6.45, 7) is 2.25. The maximum absolute atomic E-state index is 12.0. The van der Waals surface area contributed by atoms with Crippen molar-refractivity contribution in [3.05, 3.63) is 60.2 Å². The summed E-state index contributed by atoms with van der Waals surface area (Å²) >= 11 is 0. The van der Waals surface area contributed by atoms with E-state index in [2.05, 4.69) is 10.6 Å². The largest absolute Gasteiger partial charge is 0.497 e. The first-order valence-corrected chi connectivity index (χ1v) is 8.23. The minimum atomic E-state index is -0.371. The Morgan fingerprint density at radius 1 is 1.08 bits per heavy atom. The first kappa shape index (κ1) is 19.1. The fourth-order valence-electron chi connectivity index (χ4n) is 2.16. The lowest BCUT2D eigenvalue weighted by molar-refractivity contribution is -0.137. The van der Waals surface area contributed by atoms with Crippen LogP contribution in [-0.2, 0) is 14.3 Å². The van der Waals surface area contributed by atoms with Gasteiger partial charge in [0.15, 0.2) is 0 Å². The van der Waals surface area contributed by atoms with Crippen LogP contribution in [0.5, 0.6) is 5.75 Å². The summed E-state index contributed by atoms with van der Waals surface area (Å²) in [5.74, 6) is 0.149. The quantitative estimate of drug-likeness (QED) is 0.562. The van der Waals surface area contributed by atoms with Gasteiger partial charge in [-0.2, -0.15) is 0 Å². The Labute approximate surface area is 152 Å². The molecule has 0 atom stereocenters. The summed E-state index contributed by atoms with van der Waals surface area (Å²) in [6.07, 6.45) is 3.06. The number of methoxy groups -OCH3 is 1. The normalized spacial score (nSPS) is 10.4. The fourth-order valence-corrected chi connectivity index (χ4v) is 2.16. The molecule has 0 saturated carbocycles. The predicted octanol–water partition coefficient (Wildman–Crippen LogP) is 3.32. The number of amides is 1. The Hall–Kier alpha value is -3.28. The van der Waals surface area contributed by atoms with Crippen LogP contribution in [0, 0.1) is 0 Å². The zero-order valence-electron chi connectivity index (χ0n) is 14.8. The molecule has 0 fully saturated rings. The Morgan fingerprint density at radius 3 is 2.54 bits per heavy atom. The van der Waals surface area contributed by atoms with E-state index in [9.17, 15) is 9.59 Å². The van der Waals surface area contributed by atoms with E-state index in [-0.39, 0.29) is 18.4 Å². The minimum Gasteiger partial charge on any atom is -0.497 e. The van der Waals surface area contributed by atoms with Crippen LogP contribution in [0.3, 0.4) is 0 Å². The summed E-state index contributed by atoms with van der Waals surface area (Å²) < 4.78 is 9.95. The predicted molar refractivity (Wildman–Crippen MR) is 102 cm³/mol. The minimum absolute atomic E-state index is 0.134. The van der Waals surface area contributed by atoms with E-state index >= 15 is 0 Å². The second kappa shape index (κ2) is 9.88. The average Bonchev–Trinajstić information content (AvgIpc) is 2.66. The molecule has 6 nitrogen and oxygen atoms in total. The van der Waals surface area contributed by atoms with E-state index in [1.807, 2.05) is 36.4 Å². The van der Waals surface area contributed by atoms with Crippen LogP contribution in [0.4, 0.5) is 11.4 Å². The molecule has 0 radical (unpaired) electrons. The molecule has 0 aliphatic rings. The van der Waals surface area contributed by atoms with Crippen molar-refractivity contribution in [2.45, 2.75) is 6.92 Å². The van der Waals surface area contributed by atoms with Crippen LogP contribution in [0.15, 0.2) is 54.6 Å². The van der Waals surface area contributed by atoms with Crippen LogP contribution in [0.2, 0.25) is 0 Å². The number of carbonyl (C=O) groups excluding carboxylic acids is 2. The van der Waals surface area contributed by atoms with Crippen LogP contribution in [0.1, 0.15) is 12.5 Å². The third-order valence-corrected chi connectivity index (χ3v) is 3.42. The van der Waals surface area contributed by atoms with Crippen molar-refractivity contribution in [1.29, 1.82) is 0 Å². The van der Waals surface area contributed by atoms with E-state index in [1.165, 1.54) is 6.08 Å². The molecule has 2 N–H and O–H groups in total. The van der Waals surface area contributed by atoms with E-state index in [0.717, 1.165) is 11.3 Å². The van der Waals surface area contributed by atoms with E-state index in [0.29, 0.717) is 18.0 Å². The average molecular weight is 354 g/mol. The molecule has 0 bridgehead atoms. The molecule has 0 spiro atoms. The van der Waals surface area contributed by atoms with E-state index < -0.39 is 0 Å². The van der Waals surface area contributed by atoms with Gasteiger partial charge in [0, 0.05) is 23.5 Å². The Bertz CT molecular complexity index is 770. The van der Waals surface area contributed by atoms with Gasteiger partial charge in [0.2, 0.25) is 5.91 Å². The molecule has 1 amide bonds. The summed E-state index contributed by atoms with van der Waals surface area (Å²) in [5, 5.41) is 5.85. The lowest BCUT2D eigenvalue weighted by Gasteiger charge is -2.09. The number of benzene rings is 2. The monoisotopic (exact) mass is 354 g/mol. The molecule has 0 heterocycles. The van der Waals surface area contributed by atoms with Crippen molar-refractivity contribution in [3.8, 4) is 5.75 Å². The molecule has 6 heteroatoms. The number of ether oxygens (including phenoxy) is 2. The SMILES string of the molecule is CCOC(=O)/C=C/c1ccc(NCC(=O)Nc2cccc(OC)c2)cc1. The molecular formula is C20H22N2O4. The highest BCUT2D eigenvalue weighted by molar-refractivity contribution is 5.94. The Balaban J connectivity index is 1.83. The summed E-state index contributed by atoms with van der Waals surface area (Å²) in [6, 6.07) is 14.5. The summed E-state index contributed by atoms with van der Waals surface area (Å²) in [5.41, 5.74) is 2.35. The van der Waals surface area contributed by atoms with Gasteiger partial charge in [0.1, 0.15) is 5.75 Å². The number of nitrogens with one attached hydrogen (secondary N) is 2. The zero-order valence-corrected chi connectivity index (χ0v) is 14.8. The van der Waals surface area contributed by atoms with Crippen molar-refractivity contribution >= 4 is 29.3 Å². The van der Waals surface area contributed by atoms with E-state index in [1.54, 1.807) is 32.2 Å². The van der Waals surface area contributed by atoms with Crippen molar-refractivity contribution in [2.24, 2.45) is 0 Å². The molecular weight excluding hydrogens is 332 g/mol. The maximum Gasteiger partial charge on any atom is 0.330 e. The number of anilines is 2. The number of hydrogen-bond donors (Lipinski definition) is 2. The van der Waals surface area contributed by atoms with Gasteiger partial charge < -0.3 is 20.1 Å². The fraction of sp³-hybridized carbons (Fsp3) is 0.200. The smallest absolute Gasteiger partial charge is 0.330 e. The first-order chi connectivity index (χ1) is 12.6. The Morgan fingerprint density at radius 2 is 1.85 bits per heavy atom. The lowest BCUT2D eigenvalue weighted by atomic mass is 10.2. The summed E-state index contributed by atoms with van der Waals surface area (Å²) in [7, 11) is 1.58. The van der Waals surface area contributed by atoms with Crippen molar-refractivity contribution in [3.63, 3.8) is 0 Å². The third kappa shape index (κ3) is 6.32. The van der Waals surface area contributed by atoms with Gasteiger partial charge in [0.25, 0.3) is 0 Å². The highest BCUT2D eigenvalue weighted by atomic mass is 16.5. The molecule has 0 saturated heterocycles. The van der Waals surface area contributed by atoms with Gasteiger partial charge in [-0.15, -0.1) is 0 Å². The highest BCUT2D eigenvalue weighted by Crippen LogP contribution is 2.16. The second-order valence-corrected chi connectivity index (χ2v) is 5.34. The zero-order chi connectivity index (χ0) is 18.8. The molecule has 2 rings (SSSR count). The standard InChI is InChI=1S/C20H22N2O4/c1-3-26-20(24)12-9-15-7-10-16(11-8-15)21-14-19(23)22-17-5-4-6-18(13-17)25-2/h4-13,21H,3,14H2,1-2H3,(H,22,23)/b12-9+. The van der Waals surface area contributed by atoms with Gasteiger partial charge in [-0.25, -0.2) is 4.79 Å². The topological polar surface area (TPSA) is 76.7 Å². The van der Waals surface area contributed by atoms with Crippen molar-refractivity contribution in [1.82, 2.24) is 0 Å². The van der Waals surface area contributed by atoms with Crippen LogP contribution >= 0.6 is 0 Å². The molecule has 2 aromatic rings. The number of rotatable bonds is 8. The van der Waals surface area contributed by atoms with Crippen molar-refractivity contribution in [2.75, 3.05) is 30.9 Å². The summed E-state index contributed by atoms with van der Waals surface area (Å²) in [4.78, 5) is 23.3. The molecule has 26 heavy (non-hydrogen) atoms. The van der Waals surface area contributed by atoms with Gasteiger partial charge in [-0.05, 0) is 42.8 Å². The van der Waals surface area contributed by atoms with E-state index in [4.69, 9.17) is 9.47 Å². The molecule has 0 aromatic heterocycles. The van der Waals surface area contributed by atoms with Gasteiger partial charge in [-0.3, -0.25) is 4.79 Å². The molecule has 0 aliphatic heterocycles. The Kier molecular flexibility index (Phi) is 7.24. The van der Waals surface area contributed by atoms with Crippen LogP contribution in [0.25, 0.3) is 6.08 Å². The molecule has 136 valence electrons. The van der Waals surface area contributed by atoms with Gasteiger partial charge in [0.05, 0.1) is 20.3 Å². The first-order valence-electron chi connectivity index (χ1n) is 8.23. The highest BCUT2D eigenvalue weighted by Gasteiger charge is 2.03. The van der Waals surface area contributed by atoms with Crippen LogP contribution < -0.4 is 15.4 Å². The molecule has 0 aliphatic carbocycles. The van der Waals surface area contributed by atoms with Gasteiger partial charge >= 0.3 is 5.97 Å². The number of esters is 1. The molecule has 2 aromatic carbocycles. The number of hydrogen-bond acceptors (Lipinski definition) is 5. The maximum atomic E-state index is 12.0. The lowest BCUT2D eigenvalue weighted by Crippen LogP contribution is -2.21. The third-order valence-electron chi connectivity index (χ3n) is 3.42. The number of carbonyl (C=O) groups is 2. The van der Waals surface area contributed by atoms with Crippen molar-refractivity contribution < 1.29 is 19.1 Å².